The van der Waals surface area contributed by atoms with Crippen LogP contribution in [0.5, 0.6) is 0 Å². The number of hydrogen-bond acceptors (Lipinski definition) is 4. The van der Waals surface area contributed by atoms with Crippen LogP contribution in [0.4, 0.5) is 0 Å². The van der Waals surface area contributed by atoms with Crippen LogP contribution in [0.15, 0.2) is 12.2 Å². The van der Waals surface area contributed by atoms with E-state index in [9.17, 15) is 14.4 Å². The Labute approximate surface area is 114 Å². The van der Waals surface area contributed by atoms with Gasteiger partial charge in [0.05, 0.1) is 5.41 Å². The average molecular weight is 266 g/mol. The van der Waals surface area contributed by atoms with Crippen molar-refractivity contribution in [2.24, 2.45) is 10.8 Å². The highest BCUT2D eigenvalue weighted by atomic mass is 16.5. The second-order valence-electron chi connectivity index (χ2n) is 5.93. The van der Waals surface area contributed by atoms with E-state index in [1.54, 1.807) is 6.08 Å². The molecular formula is C15H22O4. The number of ether oxygens (including phenoxy) is 1. The first-order valence-electron chi connectivity index (χ1n) is 6.51. The molecule has 1 aliphatic rings. The molecule has 2 atom stereocenters. The van der Waals surface area contributed by atoms with E-state index in [2.05, 4.69) is 0 Å². The molecule has 0 radical (unpaired) electrons. The van der Waals surface area contributed by atoms with Crippen LogP contribution < -0.4 is 0 Å². The van der Waals surface area contributed by atoms with Crippen molar-refractivity contribution in [3.63, 3.8) is 0 Å². The number of Topliss-reactive ketones (excluding diaryl/α,β-unsaturated/α-hetero) is 1. The van der Waals surface area contributed by atoms with Crippen LogP contribution in [0.2, 0.25) is 0 Å². The number of carbonyl (C=O) groups excluding carboxylic acids is 3. The van der Waals surface area contributed by atoms with Crippen LogP contribution in [-0.2, 0) is 19.1 Å². The van der Waals surface area contributed by atoms with Gasteiger partial charge >= 0.3 is 5.97 Å². The molecule has 4 heteroatoms. The fourth-order valence-corrected chi connectivity index (χ4v) is 2.57. The van der Waals surface area contributed by atoms with E-state index >= 15 is 0 Å². The Morgan fingerprint density at radius 1 is 1.26 bits per heavy atom. The topological polar surface area (TPSA) is 60.4 Å². The Balaban J connectivity index is 3.14. The highest BCUT2D eigenvalue weighted by molar-refractivity contribution is 5.92. The molecule has 19 heavy (non-hydrogen) atoms. The second-order valence-corrected chi connectivity index (χ2v) is 5.93. The van der Waals surface area contributed by atoms with Crippen molar-refractivity contribution >= 4 is 17.5 Å². The first-order chi connectivity index (χ1) is 8.61. The summed E-state index contributed by atoms with van der Waals surface area (Å²) in [6.07, 6.45) is 3.67. The van der Waals surface area contributed by atoms with Crippen molar-refractivity contribution < 1.29 is 19.1 Å². The van der Waals surface area contributed by atoms with Crippen molar-refractivity contribution in [1.82, 2.24) is 0 Å². The number of esters is 1. The first kappa shape index (κ1) is 15.6. The van der Waals surface area contributed by atoms with Gasteiger partial charge in [0, 0.05) is 18.8 Å². The van der Waals surface area contributed by atoms with Gasteiger partial charge < -0.3 is 4.74 Å². The number of allylic oxidation sites excluding steroid dienone is 2. The predicted octanol–water partition coefficient (Wildman–Crippen LogP) is 2.46. The van der Waals surface area contributed by atoms with Gasteiger partial charge in [-0.3, -0.25) is 14.4 Å². The standard InChI is InChI=1S/C15H22O4/c1-10(16)8-9-15(5)12(18)6-7-13(14(15,3)4)19-11(2)17/h8-9,13H,6-7H2,1-5H3/b9-8-/t13-,15+/m0/s1. The molecule has 0 heterocycles. The lowest BCUT2D eigenvalue weighted by Crippen LogP contribution is -2.53. The van der Waals surface area contributed by atoms with Crippen LogP contribution in [-0.4, -0.2) is 23.6 Å². The fraction of sp³-hybridized carbons (Fsp3) is 0.667. The minimum absolute atomic E-state index is 0.0819. The van der Waals surface area contributed by atoms with Gasteiger partial charge in [-0.05, 0) is 26.3 Å². The molecule has 1 aliphatic carbocycles. The van der Waals surface area contributed by atoms with Gasteiger partial charge in [-0.15, -0.1) is 0 Å². The van der Waals surface area contributed by atoms with Gasteiger partial charge in [0.25, 0.3) is 0 Å². The second kappa shape index (κ2) is 5.27. The molecule has 0 N–H and O–H groups in total. The van der Waals surface area contributed by atoms with Crippen LogP contribution in [0.3, 0.4) is 0 Å². The Bertz CT molecular complexity index is 433. The molecule has 4 nitrogen and oxygen atoms in total. The van der Waals surface area contributed by atoms with Crippen LogP contribution in [0.25, 0.3) is 0 Å². The number of ketones is 2. The largest absolute Gasteiger partial charge is 0.462 e. The minimum atomic E-state index is -0.795. The molecule has 0 aliphatic heterocycles. The number of hydrogen-bond donors (Lipinski definition) is 0. The first-order valence-corrected chi connectivity index (χ1v) is 6.51. The van der Waals surface area contributed by atoms with Gasteiger partial charge in [-0.2, -0.15) is 0 Å². The Morgan fingerprint density at radius 3 is 2.32 bits per heavy atom. The third-order valence-corrected chi connectivity index (χ3v) is 4.32. The van der Waals surface area contributed by atoms with E-state index < -0.39 is 10.8 Å². The van der Waals surface area contributed by atoms with E-state index in [4.69, 9.17) is 4.74 Å². The van der Waals surface area contributed by atoms with Crippen molar-refractivity contribution in [3.05, 3.63) is 12.2 Å². The highest BCUT2D eigenvalue weighted by Crippen LogP contribution is 2.50. The SMILES string of the molecule is CC(=O)/C=C\[C@]1(C)C(=O)CC[C@H](OC(C)=O)C1(C)C. The number of carbonyl (C=O) groups is 3. The molecule has 0 amide bonds. The van der Waals surface area contributed by atoms with Crippen molar-refractivity contribution in [2.75, 3.05) is 0 Å². The predicted molar refractivity (Wildman–Crippen MR) is 71.5 cm³/mol. The monoisotopic (exact) mass is 266 g/mol. The lowest BCUT2D eigenvalue weighted by molar-refractivity contribution is -0.167. The molecule has 1 saturated carbocycles. The zero-order valence-electron chi connectivity index (χ0n) is 12.3. The fourth-order valence-electron chi connectivity index (χ4n) is 2.57. The van der Waals surface area contributed by atoms with Crippen molar-refractivity contribution in [1.29, 1.82) is 0 Å². The summed E-state index contributed by atoms with van der Waals surface area (Å²) in [6.45, 7) is 8.44. The Hall–Kier alpha value is -1.45. The lowest BCUT2D eigenvalue weighted by Gasteiger charge is -2.49. The van der Waals surface area contributed by atoms with Crippen LogP contribution in [0.1, 0.15) is 47.5 Å². The maximum Gasteiger partial charge on any atom is 0.302 e. The molecule has 0 bridgehead atoms. The van der Waals surface area contributed by atoms with E-state index in [1.165, 1.54) is 19.9 Å². The molecule has 0 spiro atoms. The van der Waals surface area contributed by atoms with Crippen LogP contribution in [0, 0.1) is 10.8 Å². The van der Waals surface area contributed by atoms with E-state index in [-0.39, 0.29) is 23.6 Å². The molecule has 0 aromatic rings. The van der Waals surface area contributed by atoms with Crippen molar-refractivity contribution in [2.45, 2.75) is 53.6 Å². The van der Waals surface area contributed by atoms with Gasteiger partial charge in [0.15, 0.2) is 5.78 Å². The zero-order chi connectivity index (χ0) is 14.8. The number of rotatable bonds is 3. The van der Waals surface area contributed by atoms with Gasteiger partial charge in [-0.25, -0.2) is 0 Å². The maximum atomic E-state index is 12.3. The summed E-state index contributed by atoms with van der Waals surface area (Å²) in [5, 5.41) is 0. The average Bonchev–Trinajstić information content (AvgIpc) is 2.28. The summed E-state index contributed by atoms with van der Waals surface area (Å²) < 4.78 is 5.35. The normalized spacial score (nSPS) is 30.4. The van der Waals surface area contributed by atoms with E-state index in [1.807, 2.05) is 20.8 Å². The summed E-state index contributed by atoms with van der Waals surface area (Å²) >= 11 is 0. The third-order valence-electron chi connectivity index (χ3n) is 4.32. The molecule has 1 rings (SSSR count). The summed E-state index contributed by atoms with van der Waals surface area (Å²) in [6, 6.07) is 0. The van der Waals surface area contributed by atoms with E-state index in [0.29, 0.717) is 12.8 Å². The maximum absolute atomic E-state index is 12.3. The van der Waals surface area contributed by atoms with Crippen molar-refractivity contribution in [3.8, 4) is 0 Å². The molecule has 0 aromatic heterocycles. The minimum Gasteiger partial charge on any atom is -0.462 e. The van der Waals surface area contributed by atoms with Gasteiger partial charge in [0.1, 0.15) is 11.9 Å². The van der Waals surface area contributed by atoms with E-state index in [0.717, 1.165) is 0 Å². The Morgan fingerprint density at radius 2 is 1.84 bits per heavy atom. The molecular weight excluding hydrogens is 244 g/mol. The molecule has 0 unspecified atom stereocenters. The molecule has 0 saturated heterocycles. The van der Waals surface area contributed by atoms with Gasteiger partial charge in [-0.1, -0.05) is 19.9 Å². The molecule has 1 fully saturated rings. The summed E-state index contributed by atoms with van der Waals surface area (Å²) in [4.78, 5) is 34.6. The smallest absolute Gasteiger partial charge is 0.302 e. The van der Waals surface area contributed by atoms with Gasteiger partial charge in [0.2, 0.25) is 0 Å². The quantitative estimate of drug-likeness (QED) is 0.581. The molecule has 0 aromatic carbocycles. The highest BCUT2D eigenvalue weighted by Gasteiger charge is 2.53. The summed E-state index contributed by atoms with van der Waals surface area (Å²) in [5.74, 6) is -0.358. The molecule has 106 valence electrons. The summed E-state index contributed by atoms with van der Waals surface area (Å²) in [7, 11) is 0. The third kappa shape index (κ3) is 2.94. The Kier molecular flexibility index (Phi) is 4.33. The van der Waals surface area contributed by atoms with Crippen LogP contribution >= 0.6 is 0 Å². The summed E-state index contributed by atoms with van der Waals surface area (Å²) in [5.41, 5.74) is -1.34. The lowest BCUT2D eigenvalue weighted by atomic mass is 9.56. The zero-order valence-corrected chi connectivity index (χ0v) is 12.3.